The first-order valence-electron chi connectivity index (χ1n) is 9.22. The van der Waals surface area contributed by atoms with E-state index in [1.165, 1.54) is 12.1 Å². The molecule has 6 nitrogen and oxygen atoms in total. The molecule has 0 bridgehead atoms. The van der Waals surface area contributed by atoms with E-state index in [4.69, 9.17) is 9.47 Å². The van der Waals surface area contributed by atoms with Crippen LogP contribution in [0.5, 0.6) is 11.5 Å². The van der Waals surface area contributed by atoms with Gasteiger partial charge in [-0.15, -0.1) is 0 Å². The number of piperazine rings is 1. The Morgan fingerprint density at radius 3 is 2.43 bits per heavy atom. The minimum Gasteiger partial charge on any atom is -0.454 e. The molecule has 2 aliphatic heterocycles. The normalized spacial score (nSPS) is 16.3. The van der Waals surface area contributed by atoms with E-state index in [-0.39, 0.29) is 30.8 Å². The second-order valence-corrected chi connectivity index (χ2v) is 7.02. The molecule has 0 spiro atoms. The number of fused-ring (bicyclic) bond motifs is 1. The van der Waals surface area contributed by atoms with Crippen molar-refractivity contribution in [1.82, 2.24) is 9.80 Å². The standard InChI is InChI=1S/C21H21FN2O4/c1-14-10-15(2-4-17(14)22)18(25)12-23-6-8-24(9-7-23)21(26)16-3-5-19-20(11-16)28-13-27-19/h2-5,10-11H,6-9,12-13H2,1H3. The van der Waals surface area contributed by atoms with Crippen molar-refractivity contribution in [2.75, 3.05) is 39.5 Å². The van der Waals surface area contributed by atoms with Gasteiger partial charge in [-0.05, 0) is 48.9 Å². The maximum Gasteiger partial charge on any atom is 0.254 e. The number of ketones is 1. The topological polar surface area (TPSA) is 59.1 Å². The Kier molecular flexibility index (Phi) is 5.00. The van der Waals surface area contributed by atoms with Gasteiger partial charge < -0.3 is 14.4 Å². The van der Waals surface area contributed by atoms with E-state index in [1.54, 1.807) is 36.1 Å². The third-order valence-corrected chi connectivity index (χ3v) is 5.13. The summed E-state index contributed by atoms with van der Waals surface area (Å²) in [5.41, 5.74) is 1.54. The molecule has 0 unspecified atom stereocenters. The van der Waals surface area contributed by atoms with Crippen molar-refractivity contribution in [1.29, 1.82) is 0 Å². The van der Waals surface area contributed by atoms with Crippen molar-refractivity contribution in [2.45, 2.75) is 6.92 Å². The average Bonchev–Trinajstić information content (AvgIpc) is 3.18. The van der Waals surface area contributed by atoms with Crippen molar-refractivity contribution in [3.63, 3.8) is 0 Å². The zero-order chi connectivity index (χ0) is 19.7. The van der Waals surface area contributed by atoms with Crippen molar-refractivity contribution >= 4 is 11.7 Å². The summed E-state index contributed by atoms with van der Waals surface area (Å²) in [6.45, 7) is 4.40. The third-order valence-electron chi connectivity index (χ3n) is 5.13. The summed E-state index contributed by atoms with van der Waals surface area (Å²) in [7, 11) is 0. The summed E-state index contributed by atoms with van der Waals surface area (Å²) in [6.07, 6.45) is 0. The second kappa shape index (κ2) is 7.59. The molecule has 2 aliphatic rings. The number of aryl methyl sites for hydroxylation is 1. The van der Waals surface area contributed by atoms with Crippen LogP contribution in [0, 0.1) is 12.7 Å². The molecule has 0 radical (unpaired) electrons. The van der Waals surface area contributed by atoms with Crippen LogP contribution in [0.2, 0.25) is 0 Å². The number of hydrogen-bond acceptors (Lipinski definition) is 5. The highest BCUT2D eigenvalue weighted by Gasteiger charge is 2.25. The Balaban J connectivity index is 1.33. The lowest BCUT2D eigenvalue weighted by molar-refractivity contribution is 0.0624. The Labute approximate surface area is 162 Å². The van der Waals surface area contributed by atoms with Crippen LogP contribution >= 0.6 is 0 Å². The number of benzene rings is 2. The number of halogens is 1. The molecule has 0 saturated carbocycles. The molecule has 28 heavy (non-hydrogen) atoms. The fourth-order valence-corrected chi connectivity index (χ4v) is 3.43. The van der Waals surface area contributed by atoms with E-state index in [0.29, 0.717) is 54.4 Å². The molecule has 0 atom stereocenters. The van der Waals surface area contributed by atoms with E-state index in [9.17, 15) is 14.0 Å². The molecule has 4 rings (SSSR count). The van der Waals surface area contributed by atoms with Gasteiger partial charge in [0.15, 0.2) is 17.3 Å². The van der Waals surface area contributed by atoms with Crippen LogP contribution in [-0.2, 0) is 0 Å². The molecule has 146 valence electrons. The van der Waals surface area contributed by atoms with Crippen LogP contribution in [0.15, 0.2) is 36.4 Å². The van der Waals surface area contributed by atoms with Crippen molar-refractivity contribution in [3.8, 4) is 11.5 Å². The van der Waals surface area contributed by atoms with Gasteiger partial charge in [0.2, 0.25) is 6.79 Å². The van der Waals surface area contributed by atoms with Crippen molar-refractivity contribution in [2.24, 2.45) is 0 Å². The Morgan fingerprint density at radius 2 is 1.68 bits per heavy atom. The summed E-state index contributed by atoms with van der Waals surface area (Å²) in [4.78, 5) is 29.0. The molecule has 2 heterocycles. The van der Waals surface area contributed by atoms with Gasteiger partial charge in [0.25, 0.3) is 5.91 Å². The molecule has 0 aromatic heterocycles. The molecule has 7 heteroatoms. The summed E-state index contributed by atoms with van der Waals surface area (Å²) < 4.78 is 24.0. The highest BCUT2D eigenvalue weighted by atomic mass is 19.1. The first kappa shape index (κ1) is 18.4. The lowest BCUT2D eigenvalue weighted by atomic mass is 10.1. The van der Waals surface area contributed by atoms with Gasteiger partial charge in [-0.3, -0.25) is 14.5 Å². The SMILES string of the molecule is Cc1cc(C(=O)CN2CCN(C(=O)c3ccc4c(c3)OCO4)CC2)ccc1F. The van der Waals surface area contributed by atoms with Gasteiger partial charge in [-0.2, -0.15) is 0 Å². The van der Waals surface area contributed by atoms with Crippen LogP contribution in [0.25, 0.3) is 0 Å². The number of hydrogen-bond donors (Lipinski definition) is 0. The number of carbonyl (C=O) groups is 2. The fourth-order valence-electron chi connectivity index (χ4n) is 3.43. The largest absolute Gasteiger partial charge is 0.454 e. The molecular weight excluding hydrogens is 363 g/mol. The molecule has 0 aliphatic carbocycles. The summed E-state index contributed by atoms with van der Waals surface area (Å²) >= 11 is 0. The smallest absolute Gasteiger partial charge is 0.254 e. The number of Topliss-reactive ketones (excluding diaryl/α,β-unsaturated/α-hetero) is 1. The highest BCUT2D eigenvalue weighted by Crippen LogP contribution is 2.32. The molecule has 2 aromatic carbocycles. The fraction of sp³-hybridized carbons (Fsp3) is 0.333. The van der Waals surface area contributed by atoms with Gasteiger partial charge in [0, 0.05) is 37.3 Å². The van der Waals surface area contributed by atoms with E-state index < -0.39 is 0 Å². The van der Waals surface area contributed by atoms with Crippen LogP contribution in [-0.4, -0.2) is 61.0 Å². The first-order valence-corrected chi connectivity index (χ1v) is 9.22. The van der Waals surface area contributed by atoms with Gasteiger partial charge in [-0.1, -0.05) is 0 Å². The third kappa shape index (κ3) is 3.71. The minimum atomic E-state index is -0.313. The van der Waals surface area contributed by atoms with Gasteiger partial charge in [0.05, 0.1) is 6.54 Å². The number of carbonyl (C=O) groups excluding carboxylic acids is 2. The number of ether oxygens (including phenoxy) is 2. The van der Waals surface area contributed by atoms with Crippen molar-refractivity contribution < 1.29 is 23.5 Å². The molecule has 2 aromatic rings. The van der Waals surface area contributed by atoms with Gasteiger partial charge in [0.1, 0.15) is 5.82 Å². The second-order valence-electron chi connectivity index (χ2n) is 7.02. The zero-order valence-electron chi connectivity index (χ0n) is 15.6. The molecule has 0 N–H and O–H groups in total. The van der Waals surface area contributed by atoms with Crippen LogP contribution in [0.1, 0.15) is 26.3 Å². The summed E-state index contributed by atoms with van der Waals surface area (Å²) in [6, 6.07) is 9.61. The van der Waals surface area contributed by atoms with Gasteiger partial charge in [-0.25, -0.2) is 4.39 Å². The van der Waals surface area contributed by atoms with E-state index in [1.807, 2.05) is 4.90 Å². The zero-order valence-corrected chi connectivity index (χ0v) is 15.6. The lowest BCUT2D eigenvalue weighted by Crippen LogP contribution is -2.49. The minimum absolute atomic E-state index is 0.0429. The highest BCUT2D eigenvalue weighted by molar-refractivity contribution is 5.98. The first-order chi connectivity index (χ1) is 13.5. The number of rotatable bonds is 4. The van der Waals surface area contributed by atoms with Gasteiger partial charge >= 0.3 is 0 Å². The molecule has 1 fully saturated rings. The van der Waals surface area contributed by atoms with E-state index in [0.717, 1.165) is 0 Å². The molecular formula is C21H21FN2O4. The predicted molar refractivity (Wildman–Crippen MR) is 100 cm³/mol. The van der Waals surface area contributed by atoms with Crippen LogP contribution in [0.3, 0.4) is 0 Å². The predicted octanol–water partition coefficient (Wildman–Crippen LogP) is 2.50. The van der Waals surface area contributed by atoms with Crippen LogP contribution < -0.4 is 9.47 Å². The lowest BCUT2D eigenvalue weighted by Gasteiger charge is -2.34. The van der Waals surface area contributed by atoms with E-state index in [2.05, 4.69) is 0 Å². The monoisotopic (exact) mass is 384 g/mol. The maximum atomic E-state index is 13.4. The Morgan fingerprint density at radius 1 is 0.964 bits per heavy atom. The summed E-state index contributed by atoms with van der Waals surface area (Å²) in [5.74, 6) is 0.824. The number of amides is 1. The maximum absolute atomic E-state index is 13.4. The number of nitrogens with zero attached hydrogens (tertiary/aromatic N) is 2. The molecule has 1 saturated heterocycles. The average molecular weight is 384 g/mol. The Bertz CT molecular complexity index is 923. The summed E-state index contributed by atoms with van der Waals surface area (Å²) in [5, 5.41) is 0. The van der Waals surface area contributed by atoms with E-state index >= 15 is 0 Å². The Hall–Kier alpha value is -2.93. The molecule has 1 amide bonds. The quantitative estimate of drug-likeness (QED) is 0.758. The van der Waals surface area contributed by atoms with Crippen molar-refractivity contribution in [3.05, 3.63) is 58.9 Å². The van der Waals surface area contributed by atoms with Crippen LogP contribution in [0.4, 0.5) is 4.39 Å².